The van der Waals surface area contributed by atoms with E-state index in [-0.39, 0.29) is 12.1 Å². The molecule has 27 heavy (non-hydrogen) atoms. The van der Waals surface area contributed by atoms with Crippen molar-refractivity contribution in [2.75, 3.05) is 33.8 Å². The molecule has 1 N–H and O–H groups in total. The second kappa shape index (κ2) is 11.5. The standard InChI is InChI=1S/C20H39N3O3S/c1-4-15-22(2)16-7-5-6-8-17-26-20-13-11-19(12-14-20)23(3)27(24,25)21-18-9-10-18/h4,18-21H,1,5-17H2,2-3H3. The Kier molecular flexibility index (Phi) is 9.73. The number of ether oxygens (including phenoxy) is 1. The summed E-state index contributed by atoms with van der Waals surface area (Å²) in [6.07, 6.45) is 12.7. The van der Waals surface area contributed by atoms with Crippen molar-refractivity contribution in [2.24, 2.45) is 0 Å². The molecule has 2 saturated carbocycles. The van der Waals surface area contributed by atoms with Gasteiger partial charge < -0.3 is 9.64 Å². The summed E-state index contributed by atoms with van der Waals surface area (Å²) in [5, 5.41) is 0. The number of nitrogens with one attached hydrogen (secondary N) is 1. The van der Waals surface area contributed by atoms with Crippen LogP contribution in [0.25, 0.3) is 0 Å². The van der Waals surface area contributed by atoms with Gasteiger partial charge in [-0.05, 0) is 65.0 Å². The minimum atomic E-state index is -3.32. The van der Waals surface area contributed by atoms with Gasteiger partial charge in [0.15, 0.2) is 0 Å². The molecule has 0 atom stereocenters. The third kappa shape index (κ3) is 8.60. The molecule has 0 aromatic carbocycles. The molecule has 6 nitrogen and oxygen atoms in total. The number of hydrogen-bond donors (Lipinski definition) is 1. The molecule has 2 fully saturated rings. The summed E-state index contributed by atoms with van der Waals surface area (Å²) in [6, 6.07) is 0.271. The molecule has 158 valence electrons. The Bertz CT molecular complexity index is 529. The molecule has 0 aromatic heterocycles. The maximum absolute atomic E-state index is 12.3. The Morgan fingerprint density at radius 3 is 2.33 bits per heavy atom. The van der Waals surface area contributed by atoms with Gasteiger partial charge >= 0.3 is 0 Å². The molecule has 2 rings (SSSR count). The highest BCUT2D eigenvalue weighted by Crippen LogP contribution is 2.27. The monoisotopic (exact) mass is 401 g/mol. The maximum atomic E-state index is 12.3. The Hall–Kier alpha value is -0.470. The fraction of sp³-hybridized carbons (Fsp3) is 0.900. The van der Waals surface area contributed by atoms with Crippen molar-refractivity contribution in [3.63, 3.8) is 0 Å². The van der Waals surface area contributed by atoms with Crippen LogP contribution in [-0.2, 0) is 14.9 Å². The molecule has 0 saturated heterocycles. The summed E-state index contributed by atoms with van der Waals surface area (Å²) in [5.41, 5.74) is 0. The minimum Gasteiger partial charge on any atom is -0.378 e. The fourth-order valence-corrected chi connectivity index (χ4v) is 5.09. The van der Waals surface area contributed by atoms with Crippen LogP contribution in [0.2, 0.25) is 0 Å². The first kappa shape index (κ1) is 22.8. The number of likely N-dealkylation sites (N-methyl/N-ethyl adjacent to an activating group) is 1. The van der Waals surface area contributed by atoms with E-state index in [0.29, 0.717) is 6.10 Å². The summed E-state index contributed by atoms with van der Waals surface area (Å²) in [7, 11) is 0.522. The van der Waals surface area contributed by atoms with Gasteiger partial charge in [0.25, 0.3) is 10.2 Å². The summed E-state index contributed by atoms with van der Waals surface area (Å²) in [4.78, 5) is 2.29. The van der Waals surface area contributed by atoms with E-state index in [4.69, 9.17) is 4.74 Å². The maximum Gasteiger partial charge on any atom is 0.279 e. The second-order valence-electron chi connectivity index (χ2n) is 8.18. The van der Waals surface area contributed by atoms with Gasteiger partial charge in [-0.2, -0.15) is 17.4 Å². The van der Waals surface area contributed by atoms with E-state index in [9.17, 15) is 8.42 Å². The lowest BCUT2D eigenvalue weighted by atomic mass is 9.93. The number of unbranched alkanes of at least 4 members (excludes halogenated alkanes) is 3. The van der Waals surface area contributed by atoms with Crippen molar-refractivity contribution in [3.8, 4) is 0 Å². The number of rotatable bonds is 14. The summed E-state index contributed by atoms with van der Waals surface area (Å²) >= 11 is 0. The SMILES string of the molecule is C=CCN(C)CCCCCCOC1CCC(N(C)S(=O)(=O)NC2CC2)CC1. The second-order valence-corrected chi connectivity index (χ2v) is 9.94. The summed E-state index contributed by atoms with van der Waals surface area (Å²) < 4.78 is 35.0. The van der Waals surface area contributed by atoms with Gasteiger partial charge in [0.1, 0.15) is 0 Å². The van der Waals surface area contributed by atoms with Gasteiger partial charge in [0, 0.05) is 32.3 Å². The van der Waals surface area contributed by atoms with Gasteiger partial charge in [0.05, 0.1) is 6.10 Å². The van der Waals surface area contributed by atoms with E-state index in [0.717, 1.165) is 64.6 Å². The largest absolute Gasteiger partial charge is 0.378 e. The molecule has 2 aliphatic rings. The normalized spacial score (nSPS) is 23.9. The van der Waals surface area contributed by atoms with Crippen LogP contribution in [0.1, 0.15) is 64.2 Å². The average molecular weight is 402 g/mol. The predicted molar refractivity (Wildman–Crippen MR) is 111 cm³/mol. The van der Waals surface area contributed by atoms with E-state index in [2.05, 4.69) is 23.2 Å². The lowest BCUT2D eigenvalue weighted by Gasteiger charge is -2.34. The first-order valence-electron chi connectivity index (χ1n) is 10.6. The molecular formula is C20H39N3O3S. The third-order valence-electron chi connectivity index (χ3n) is 5.66. The van der Waals surface area contributed by atoms with Crippen molar-refractivity contribution in [2.45, 2.75) is 82.4 Å². The first-order chi connectivity index (χ1) is 12.9. The van der Waals surface area contributed by atoms with Crippen LogP contribution in [0, 0.1) is 0 Å². The highest BCUT2D eigenvalue weighted by molar-refractivity contribution is 7.87. The molecule has 0 spiro atoms. The summed E-state index contributed by atoms with van der Waals surface area (Å²) in [6.45, 7) is 6.67. The topological polar surface area (TPSA) is 61.9 Å². The van der Waals surface area contributed by atoms with Crippen LogP contribution >= 0.6 is 0 Å². The van der Waals surface area contributed by atoms with Gasteiger partial charge in [-0.25, -0.2) is 0 Å². The molecule has 0 radical (unpaired) electrons. The lowest BCUT2D eigenvalue weighted by Crippen LogP contribution is -2.46. The van der Waals surface area contributed by atoms with Crippen LogP contribution in [0.5, 0.6) is 0 Å². The molecule has 7 heteroatoms. The van der Waals surface area contributed by atoms with E-state index in [1.165, 1.54) is 19.3 Å². The van der Waals surface area contributed by atoms with Crippen LogP contribution in [-0.4, -0.2) is 69.6 Å². The van der Waals surface area contributed by atoms with Gasteiger partial charge in [-0.1, -0.05) is 18.9 Å². The molecule has 0 aromatic rings. The molecule has 0 bridgehead atoms. The molecule has 2 aliphatic carbocycles. The van der Waals surface area contributed by atoms with Gasteiger partial charge in [0.2, 0.25) is 0 Å². The van der Waals surface area contributed by atoms with Crippen LogP contribution < -0.4 is 4.72 Å². The predicted octanol–water partition coefficient (Wildman–Crippen LogP) is 2.92. The zero-order valence-electron chi connectivity index (χ0n) is 17.2. The molecule has 0 heterocycles. The highest BCUT2D eigenvalue weighted by atomic mass is 32.2. The van der Waals surface area contributed by atoms with Crippen LogP contribution in [0.15, 0.2) is 12.7 Å². The Morgan fingerprint density at radius 1 is 1.04 bits per heavy atom. The molecule has 0 amide bonds. The smallest absolute Gasteiger partial charge is 0.279 e. The minimum absolute atomic E-state index is 0.105. The van der Waals surface area contributed by atoms with Gasteiger partial charge in [-0.15, -0.1) is 6.58 Å². The molecule has 0 aliphatic heterocycles. The Morgan fingerprint density at radius 2 is 1.70 bits per heavy atom. The van der Waals surface area contributed by atoms with Crippen molar-refractivity contribution in [1.29, 1.82) is 0 Å². The van der Waals surface area contributed by atoms with E-state index >= 15 is 0 Å². The first-order valence-corrected chi connectivity index (χ1v) is 12.0. The van der Waals surface area contributed by atoms with Crippen molar-refractivity contribution in [1.82, 2.24) is 13.9 Å². The zero-order valence-corrected chi connectivity index (χ0v) is 18.1. The van der Waals surface area contributed by atoms with E-state index < -0.39 is 10.2 Å². The zero-order chi connectivity index (χ0) is 19.7. The van der Waals surface area contributed by atoms with Crippen LogP contribution in [0.4, 0.5) is 0 Å². The quantitative estimate of drug-likeness (QED) is 0.359. The number of nitrogens with zero attached hydrogens (tertiary/aromatic N) is 2. The third-order valence-corrected chi connectivity index (χ3v) is 7.35. The summed E-state index contributed by atoms with van der Waals surface area (Å²) in [5.74, 6) is 0. The van der Waals surface area contributed by atoms with Gasteiger partial charge in [-0.3, -0.25) is 0 Å². The van der Waals surface area contributed by atoms with Crippen molar-refractivity contribution < 1.29 is 13.2 Å². The van der Waals surface area contributed by atoms with Crippen LogP contribution in [0.3, 0.4) is 0 Å². The lowest BCUT2D eigenvalue weighted by molar-refractivity contribution is 0.0155. The molecular weight excluding hydrogens is 362 g/mol. The fourth-order valence-electron chi connectivity index (χ4n) is 3.67. The highest BCUT2D eigenvalue weighted by Gasteiger charge is 2.34. The van der Waals surface area contributed by atoms with E-state index in [1.54, 1.807) is 11.4 Å². The van der Waals surface area contributed by atoms with Crippen molar-refractivity contribution in [3.05, 3.63) is 12.7 Å². The average Bonchev–Trinajstić information content (AvgIpc) is 3.44. The Balaban J connectivity index is 1.51. The Labute approximate surface area is 166 Å². The number of hydrogen-bond acceptors (Lipinski definition) is 4. The van der Waals surface area contributed by atoms with Crippen molar-refractivity contribution >= 4 is 10.2 Å². The van der Waals surface area contributed by atoms with E-state index in [1.807, 2.05) is 6.08 Å². The molecule has 0 unspecified atom stereocenters.